The molecule has 3 atom stereocenters. The molecule has 2 fully saturated rings. The molecule has 0 aromatic carbocycles. The minimum absolute atomic E-state index is 0.0373. The second-order valence-electron chi connectivity index (χ2n) is 8.05. The molecule has 2 aliphatic heterocycles. The maximum atomic E-state index is 12.6. The Morgan fingerprint density at radius 3 is 2.75 bits per heavy atom. The average molecular weight is 463 g/mol. The Bertz CT molecular complexity index is 931. The molecule has 11 heteroatoms. The second kappa shape index (κ2) is 10.1. The lowest BCUT2D eigenvalue weighted by molar-refractivity contribution is 0.0413. The van der Waals surface area contributed by atoms with E-state index in [1.807, 2.05) is 13.0 Å². The van der Waals surface area contributed by atoms with Crippen LogP contribution in [-0.4, -0.2) is 82.7 Å². The lowest BCUT2D eigenvalue weighted by atomic mass is 10.2. The number of aromatic nitrogens is 3. The number of methoxy groups -OCH3 is 1. The molecule has 32 heavy (non-hydrogen) atoms. The summed E-state index contributed by atoms with van der Waals surface area (Å²) in [5.74, 6) is 2.69. The van der Waals surface area contributed by atoms with Crippen molar-refractivity contribution in [1.29, 1.82) is 0 Å². The molecule has 174 valence electrons. The van der Waals surface area contributed by atoms with E-state index in [1.165, 1.54) is 0 Å². The van der Waals surface area contributed by atoms with Crippen molar-refractivity contribution >= 4 is 28.6 Å². The number of pyridine rings is 1. The van der Waals surface area contributed by atoms with Crippen LogP contribution in [0.4, 0.5) is 17.5 Å². The van der Waals surface area contributed by atoms with Gasteiger partial charge in [-0.05, 0) is 31.1 Å². The van der Waals surface area contributed by atoms with Gasteiger partial charge in [0.15, 0.2) is 11.1 Å². The van der Waals surface area contributed by atoms with Gasteiger partial charge < -0.3 is 34.7 Å². The number of nitrogen functional groups attached to an aromatic ring is 1. The van der Waals surface area contributed by atoms with E-state index in [1.54, 1.807) is 19.2 Å². The molecule has 10 nitrogen and oxygen atoms in total. The summed E-state index contributed by atoms with van der Waals surface area (Å²) in [6, 6.07) is 5.59. The van der Waals surface area contributed by atoms with Gasteiger partial charge in [0.05, 0.1) is 46.1 Å². The second-order valence-corrected chi connectivity index (χ2v) is 10.2. The van der Waals surface area contributed by atoms with Crippen LogP contribution in [0.5, 0.6) is 5.88 Å². The number of nitrogens with two attached hydrogens (primary N) is 1. The average Bonchev–Trinajstić information content (AvgIpc) is 2.75. The van der Waals surface area contributed by atoms with Crippen molar-refractivity contribution in [3.8, 4) is 17.3 Å². The highest BCUT2D eigenvalue weighted by atomic mass is 32.2. The molecule has 0 saturated carbocycles. The van der Waals surface area contributed by atoms with Gasteiger partial charge in [-0.2, -0.15) is 4.98 Å². The fourth-order valence-electron chi connectivity index (χ4n) is 3.64. The standard InChI is InChI=1S/C21H30N6O4S/c1-13-10-30-5-4-27(13)19-8-18(23-9-14(2)32(28)16-11-31-12-16)25-21(26-19)15-6-17(22)24-20(7-15)29-3/h6-8,13-14,16H,4-5,9-12H2,1-3H3,(H2,22,24)(H,23,25,26)/t13-,14-,32?/m1/s1. The van der Waals surface area contributed by atoms with E-state index in [2.05, 4.69) is 22.1 Å². The van der Waals surface area contributed by atoms with E-state index in [4.69, 9.17) is 29.9 Å². The van der Waals surface area contributed by atoms with Gasteiger partial charge in [0.25, 0.3) is 0 Å². The Morgan fingerprint density at radius 2 is 2.06 bits per heavy atom. The van der Waals surface area contributed by atoms with Gasteiger partial charge >= 0.3 is 0 Å². The number of anilines is 3. The highest BCUT2D eigenvalue weighted by molar-refractivity contribution is 7.92. The maximum Gasteiger partial charge on any atom is 0.215 e. The Hall–Kier alpha value is -2.34. The fourth-order valence-corrected chi connectivity index (χ4v) is 5.00. The summed E-state index contributed by atoms with van der Waals surface area (Å²) >= 11 is -0.960. The number of rotatable bonds is 8. The zero-order valence-corrected chi connectivity index (χ0v) is 19.4. The molecule has 4 rings (SSSR count). The quantitative estimate of drug-likeness (QED) is 0.554. The summed E-state index contributed by atoms with van der Waals surface area (Å²) in [5, 5.41) is 3.43. The summed E-state index contributed by atoms with van der Waals surface area (Å²) in [6.07, 6.45) is 0. The lowest BCUT2D eigenvalue weighted by Gasteiger charge is -2.34. The molecule has 3 N–H and O–H groups in total. The van der Waals surface area contributed by atoms with Crippen LogP contribution >= 0.6 is 0 Å². The van der Waals surface area contributed by atoms with Crippen molar-refractivity contribution in [1.82, 2.24) is 15.0 Å². The third-order valence-electron chi connectivity index (χ3n) is 5.57. The number of hydrogen-bond donors (Lipinski definition) is 2. The van der Waals surface area contributed by atoms with Crippen molar-refractivity contribution in [3.63, 3.8) is 0 Å². The summed E-state index contributed by atoms with van der Waals surface area (Å²) in [7, 11) is 1.54. The normalized spacial score (nSPS) is 21.0. The maximum absolute atomic E-state index is 12.6. The zero-order valence-electron chi connectivity index (χ0n) is 18.6. The van der Waals surface area contributed by atoms with Crippen molar-refractivity contribution in [3.05, 3.63) is 18.2 Å². The molecule has 0 amide bonds. The summed E-state index contributed by atoms with van der Waals surface area (Å²) in [6.45, 7) is 7.76. The van der Waals surface area contributed by atoms with Crippen LogP contribution in [0.25, 0.3) is 11.4 Å². The molecular weight excluding hydrogens is 432 g/mol. The van der Waals surface area contributed by atoms with E-state index in [9.17, 15) is 4.55 Å². The van der Waals surface area contributed by atoms with Gasteiger partial charge in [0.1, 0.15) is 22.7 Å². The van der Waals surface area contributed by atoms with Gasteiger partial charge in [-0.1, -0.05) is 0 Å². The molecule has 1 unspecified atom stereocenters. The molecular formula is C21H30N6O4S. The van der Waals surface area contributed by atoms with Crippen LogP contribution in [0.2, 0.25) is 0 Å². The lowest BCUT2D eigenvalue weighted by Crippen LogP contribution is -2.46. The van der Waals surface area contributed by atoms with Gasteiger partial charge in [-0.15, -0.1) is 0 Å². The van der Waals surface area contributed by atoms with Crippen LogP contribution in [-0.2, 0) is 20.6 Å². The topological polar surface area (TPSA) is 131 Å². The predicted octanol–water partition coefficient (Wildman–Crippen LogP) is 1.30. The number of nitrogens with zero attached hydrogens (tertiary/aromatic N) is 4. The van der Waals surface area contributed by atoms with E-state index < -0.39 is 11.2 Å². The van der Waals surface area contributed by atoms with Crippen LogP contribution in [0.15, 0.2) is 18.2 Å². The van der Waals surface area contributed by atoms with Crippen molar-refractivity contribution in [2.45, 2.75) is 30.4 Å². The number of nitrogens with one attached hydrogen (secondary N) is 1. The van der Waals surface area contributed by atoms with Gasteiger partial charge in [0, 0.05) is 24.2 Å². The molecule has 4 heterocycles. The summed E-state index contributed by atoms with van der Waals surface area (Å²) in [4.78, 5) is 15.9. The minimum Gasteiger partial charge on any atom is -0.616 e. The van der Waals surface area contributed by atoms with Crippen molar-refractivity contribution in [2.75, 3.05) is 62.6 Å². The van der Waals surface area contributed by atoms with E-state index >= 15 is 0 Å². The van der Waals surface area contributed by atoms with E-state index in [0.29, 0.717) is 61.9 Å². The van der Waals surface area contributed by atoms with Crippen LogP contribution in [0.3, 0.4) is 0 Å². The van der Waals surface area contributed by atoms with Crippen LogP contribution in [0, 0.1) is 0 Å². The Balaban J connectivity index is 1.62. The molecule has 2 aliphatic rings. The molecule has 2 aromatic rings. The van der Waals surface area contributed by atoms with E-state index in [-0.39, 0.29) is 16.5 Å². The zero-order chi connectivity index (χ0) is 22.7. The van der Waals surface area contributed by atoms with Gasteiger partial charge in [0.2, 0.25) is 5.88 Å². The first kappa shape index (κ1) is 22.8. The smallest absolute Gasteiger partial charge is 0.215 e. The molecule has 0 aliphatic carbocycles. The first-order valence-electron chi connectivity index (χ1n) is 10.7. The first-order chi connectivity index (χ1) is 15.4. The van der Waals surface area contributed by atoms with Crippen LogP contribution < -0.4 is 20.7 Å². The first-order valence-corrected chi connectivity index (χ1v) is 12.0. The number of ether oxygens (including phenoxy) is 3. The fraction of sp³-hybridized carbons (Fsp3) is 0.571. The summed E-state index contributed by atoms with van der Waals surface area (Å²) < 4.78 is 28.6. The number of hydrogen-bond acceptors (Lipinski definition) is 10. The largest absolute Gasteiger partial charge is 0.616 e. The SMILES string of the molecule is COc1cc(-c2nc(NC[C@@H](C)[S+]([O-])C3COC3)cc(N3CCOC[C@H]3C)n2)cc(N)n1. The van der Waals surface area contributed by atoms with Crippen molar-refractivity contribution < 1.29 is 18.8 Å². The molecule has 0 bridgehead atoms. The van der Waals surface area contributed by atoms with Crippen molar-refractivity contribution in [2.24, 2.45) is 0 Å². The third kappa shape index (κ3) is 5.17. The number of morpholine rings is 1. The predicted molar refractivity (Wildman–Crippen MR) is 125 cm³/mol. The molecule has 0 radical (unpaired) electrons. The van der Waals surface area contributed by atoms with Crippen LogP contribution in [0.1, 0.15) is 13.8 Å². The molecule has 0 spiro atoms. The monoisotopic (exact) mass is 462 g/mol. The third-order valence-corrected chi connectivity index (χ3v) is 7.46. The highest BCUT2D eigenvalue weighted by Gasteiger charge is 2.34. The Kier molecular flexibility index (Phi) is 7.19. The Labute approximate surface area is 191 Å². The molecule has 2 saturated heterocycles. The van der Waals surface area contributed by atoms with Gasteiger partial charge in [-0.3, -0.25) is 0 Å². The minimum atomic E-state index is -0.960. The molecule has 2 aromatic heterocycles. The van der Waals surface area contributed by atoms with Gasteiger partial charge in [-0.25, -0.2) is 9.97 Å². The van der Waals surface area contributed by atoms with E-state index in [0.717, 1.165) is 12.4 Å². The highest BCUT2D eigenvalue weighted by Crippen LogP contribution is 2.28. The summed E-state index contributed by atoms with van der Waals surface area (Å²) in [5.41, 5.74) is 6.67. The Morgan fingerprint density at radius 1 is 1.25 bits per heavy atom.